The summed E-state index contributed by atoms with van der Waals surface area (Å²) in [6, 6.07) is 14.4. The number of H-pyrrole nitrogens is 1. The van der Waals surface area contributed by atoms with Crippen LogP contribution in [0.3, 0.4) is 0 Å². The smallest absolute Gasteiger partial charge is 0.336 e. The van der Waals surface area contributed by atoms with Crippen molar-refractivity contribution < 1.29 is 19.8 Å². The standard InChI is InChI=1S/C20H14N2O4/c23-17(24)9-13-18(20(25)26)12-6-2-4-8-16(12)22-19(13)14-10-21-15-7-3-1-5-11(14)15/h1-8,10,21H,9H2,(H,23,24)(H,25,26). The third-order valence-electron chi connectivity index (χ3n) is 4.38. The summed E-state index contributed by atoms with van der Waals surface area (Å²) in [7, 11) is 0. The fourth-order valence-corrected chi connectivity index (χ4v) is 3.31. The van der Waals surface area contributed by atoms with Gasteiger partial charge in [0, 0.05) is 33.6 Å². The van der Waals surface area contributed by atoms with Crippen LogP contribution in [0.2, 0.25) is 0 Å². The van der Waals surface area contributed by atoms with E-state index in [9.17, 15) is 19.8 Å². The van der Waals surface area contributed by atoms with Crippen LogP contribution < -0.4 is 0 Å². The highest BCUT2D eigenvalue weighted by Crippen LogP contribution is 2.34. The number of carboxylic acids is 2. The van der Waals surface area contributed by atoms with Gasteiger partial charge < -0.3 is 15.2 Å². The number of hydrogen-bond donors (Lipinski definition) is 3. The SMILES string of the molecule is O=C(O)Cc1c(-c2c[nH]c3ccccc23)nc2ccccc2c1C(=O)O. The summed E-state index contributed by atoms with van der Waals surface area (Å²) < 4.78 is 0. The molecule has 2 aromatic carbocycles. The van der Waals surface area contributed by atoms with E-state index in [-0.39, 0.29) is 11.1 Å². The molecular weight excluding hydrogens is 332 g/mol. The van der Waals surface area contributed by atoms with Gasteiger partial charge in [-0.2, -0.15) is 0 Å². The molecule has 0 atom stereocenters. The van der Waals surface area contributed by atoms with Crippen molar-refractivity contribution in [3.05, 3.63) is 65.9 Å². The fraction of sp³-hybridized carbons (Fsp3) is 0.0500. The van der Waals surface area contributed by atoms with E-state index in [1.165, 1.54) is 0 Å². The molecule has 2 heterocycles. The summed E-state index contributed by atoms with van der Waals surface area (Å²) in [4.78, 5) is 31.2. The van der Waals surface area contributed by atoms with E-state index in [1.807, 2.05) is 24.3 Å². The second kappa shape index (κ2) is 6.00. The van der Waals surface area contributed by atoms with Gasteiger partial charge in [-0.3, -0.25) is 4.79 Å². The molecule has 0 amide bonds. The summed E-state index contributed by atoms with van der Waals surface area (Å²) in [5.74, 6) is -2.27. The number of aliphatic carboxylic acids is 1. The highest BCUT2D eigenvalue weighted by atomic mass is 16.4. The number of nitrogens with one attached hydrogen (secondary N) is 1. The maximum absolute atomic E-state index is 12.0. The van der Waals surface area contributed by atoms with Crippen molar-refractivity contribution in [3.8, 4) is 11.3 Å². The molecule has 2 aromatic heterocycles. The van der Waals surface area contributed by atoms with Crippen LogP contribution in [0.5, 0.6) is 0 Å². The summed E-state index contributed by atoms with van der Waals surface area (Å²) >= 11 is 0. The summed E-state index contributed by atoms with van der Waals surface area (Å²) in [6.45, 7) is 0. The zero-order chi connectivity index (χ0) is 18.3. The highest BCUT2D eigenvalue weighted by Gasteiger charge is 2.24. The Labute approximate surface area is 147 Å². The minimum atomic E-state index is -1.17. The predicted octanol–water partition coefficient (Wildman–Crippen LogP) is 3.71. The van der Waals surface area contributed by atoms with Crippen molar-refractivity contribution in [1.82, 2.24) is 9.97 Å². The molecule has 0 aliphatic rings. The lowest BCUT2D eigenvalue weighted by molar-refractivity contribution is -0.136. The van der Waals surface area contributed by atoms with Gasteiger partial charge in [-0.05, 0) is 12.1 Å². The lowest BCUT2D eigenvalue weighted by Crippen LogP contribution is -2.12. The van der Waals surface area contributed by atoms with Crippen LogP contribution in [-0.4, -0.2) is 32.1 Å². The number of carbonyl (C=O) groups is 2. The van der Waals surface area contributed by atoms with Crippen LogP contribution in [0, 0.1) is 0 Å². The van der Waals surface area contributed by atoms with Gasteiger partial charge in [-0.15, -0.1) is 0 Å². The Hall–Kier alpha value is -3.67. The van der Waals surface area contributed by atoms with Crippen LogP contribution >= 0.6 is 0 Å². The summed E-state index contributed by atoms with van der Waals surface area (Å²) in [5.41, 5.74) is 2.63. The largest absolute Gasteiger partial charge is 0.481 e. The summed E-state index contributed by atoms with van der Waals surface area (Å²) in [5, 5.41) is 20.4. The molecule has 0 fully saturated rings. The fourth-order valence-electron chi connectivity index (χ4n) is 3.31. The Morgan fingerprint density at radius 3 is 2.38 bits per heavy atom. The minimum Gasteiger partial charge on any atom is -0.481 e. The quantitative estimate of drug-likeness (QED) is 0.523. The topological polar surface area (TPSA) is 103 Å². The second-order valence-corrected chi connectivity index (χ2v) is 5.95. The van der Waals surface area contributed by atoms with E-state index in [1.54, 1.807) is 30.5 Å². The first-order valence-electron chi connectivity index (χ1n) is 7.99. The first-order valence-corrected chi connectivity index (χ1v) is 7.99. The van der Waals surface area contributed by atoms with Crippen molar-refractivity contribution in [3.63, 3.8) is 0 Å². The molecule has 0 saturated carbocycles. The molecule has 4 aromatic rings. The van der Waals surface area contributed by atoms with E-state index in [0.29, 0.717) is 22.2 Å². The Bertz CT molecular complexity index is 1180. The number of pyridine rings is 1. The number of carboxylic acid groups (broad SMARTS) is 2. The van der Waals surface area contributed by atoms with E-state index in [2.05, 4.69) is 9.97 Å². The Kier molecular flexibility index (Phi) is 3.65. The van der Waals surface area contributed by atoms with Crippen LogP contribution in [0.25, 0.3) is 33.1 Å². The highest BCUT2D eigenvalue weighted by molar-refractivity contribution is 6.08. The maximum atomic E-state index is 12.0. The third-order valence-corrected chi connectivity index (χ3v) is 4.38. The normalized spacial score (nSPS) is 11.1. The molecule has 0 aliphatic carbocycles. The van der Waals surface area contributed by atoms with Crippen LogP contribution in [0.4, 0.5) is 0 Å². The third kappa shape index (κ3) is 2.48. The van der Waals surface area contributed by atoms with Crippen molar-refractivity contribution in [1.29, 1.82) is 0 Å². The summed E-state index contributed by atoms with van der Waals surface area (Å²) in [6.07, 6.45) is 1.31. The van der Waals surface area contributed by atoms with Crippen molar-refractivity contribution in [2.75, 3.05) is 0 Å². The van der Waals surface area contributed by atoms with Crippen LogP contribution in [-0.2, 0) is 11.2 Å². The molecular formula is C20H14N2O4. The number of hydrogen-bond acceptors (Lipinski definition) is 3. The molecule has 0 spiro atoms. The van der Waals surface area contributed by atoms with Gasteiger partial charge in [-0.25, -0.2) is 9.78 Å². The van der Waals surface area contributed by atoms with Gasteiger partial charge >= 0.3 is 11.9 Å². The predicted molar refractivity (Wildman–Crippen MR) is 97.3 cm³/mol. The molecule has 26 heavy (non-hydrogen) atoms. The number of para-hydroxylation sites is 2. The number of nitrogens with zero attached hydrogens (tertiary/aromatic N) is 1. The van der Waals surface area contributed by atoms with Gasteiger partial charge in [0.2, 0.25) is 0 Å². The molecule has 128 valence electrons. The number of aromatic carboxylic acids is 1. The zero-order valence-corrected chi connectivity index (χ0v) is 13.6. The molecule has 6 nitrogen and oxygen atoms in total. The van der Waals surface area contributed by atoms with Crippen molar-refractivity contribution >= 4 is 33.7 Å². The average Bonchev–Trinajstić information content (AvgIpc) is 3.04. The van der Waals surface area contributed by atoms with Crippen molar-refractivity contribution in [2.24, 2.45) is 0 Å². The minimum absolute atomic E-state index is 0.0155. The number of aromatic amines is 1. The monoisotopic (exact) mass is 346 g/mol. The first-order chi connectivity index (χ1) is 12.6. The zero-order valence-electron chi connectivity index (χ0n) is 13.6. The first kappa shape index (κ1) is 15.8. The lowest BCUT2D eigenvalue weighted by atomic mass is 9.94. The van der Waals surface area contributed by atoms with Gasteiger partial charge in [0.25, 0.3) is 0 Å². The molecule has 3 N–H and O–H groups in total. The molecule has 4 rings (SSSR count). The van der Waals surface area contributed by atoms with E-state index >= 15 is 0 Å². The number of aromatic nitrogens is 2. The average molecular weight is 346 g/mol. The van der Waals surface area contributed by atoms with Gasteiger partial charge in [0.15, 0.2) is 0 Å². The molecule has 0 unspecified atom stereocenters. The Morgan fingerprint density at radius 1 is 0.962 bits per heavy atom. The number of fused-ring (bicyclic) bond motifs is 2. The molecule has 0 radical (unpaired) electrons. The molecule has 0 bridgehead atoms. The molecule has 6 heteroatoms. The van der Waals surface area contributed by atoms with E-state index < -0.39 is 18.4 Å². The van der Waals surface area contributed by atoms with Gasteiger partial charge in [0.05, 0.1) is 23.2 Å². The van der Waals surface area contributed by atoms with Gasteiger partial charge in [0.1, 0.15) is 0 Å². The van der Waals surface area contributed by atoms with Crippen molar-refractivity contribution in [2.45, 2.75) is 6.42 Å². The lowest BCUT2D eigenvalue weighted by Gasteiger charge is -2.13. The maximum Gasteiger partial charge on any atom is 0.336 e. The Balaban J connectivity index is 2.14. The van der Waals surface area contributed by atoms with Gasteiger partial charge in [-0.1, -0.05) is 36.4 Å². The Morgan fingerprint density at radius 2 is 1.65 bits per heavy atom. The molecule has 0 saturated heterocycles. The van der Waals surface area contributed by atoms with Crippen LogP contribution in [0.15, 0.2) is 54.7 Å². The van der Waals surface area contributed by atoms with E-state index in [4.69, 9.17) is 0 Å². The van der Waals surface area contributed by atoms with Crippen LogP contribution in [0.1, 0.15) is 15.9 Å². The number of benzene rings is 2. The molecule has 0 aliphatic heterocycles. The second-order valence-electron chi connectivity index (χ2n) is 5.95. The van der Waals surface area contributed by atoms with E-state index in [0.717, 1.165) is 10.9 Å². The number of rotatable bonds is 4.